The average molecular weight is 185 g/mol. The first-order valence-electron chi connectivity index (χ1n) is 4.55. The third-order valence-electron chi connectivity index (χ3n) is 2.45. The fraction of sp³-hybridized carbons (Fsp3) is 0.778. The van der Waals surface area contributed by atoms with E-state index in [1.54, 1.807) is 4.90 Å². The van der Waals surface area contributed by atoms with Crippen LogP contribution in [0.15, 0.2) is 0 Å². The van der Waals surface area contributed by atoms with Crippen LogP contribution in [-0.2, 0) is 14.3 Å². The van der Waals surface area contributed by atoms with Gasteiger partial charge in [0, 0.05) is 13.1 Å². The lowest BCUT2D eigenvalue weighted by Gasteiger charge is -2.13. The van der Waals surface area contributed by atoms with Gasteiger partial charge in [0.15, 0.2) is 0 Å². The first kappa shape index (κ1) is 10.0. The quantitative estimate of drug-likeness (QED) is 0.462. The van der Waals surface area contributed by atoms with Gasteiger partial charge in [0.05, 0.1) is 13.0 Å². The Balaban J connectivity index is 2.44. The molecule has 1 saturated heterocycles. The number of methoxy groups -OCH3 is 1. The van der Waals surface area contributed by atoms with Gasteiger partial charge in [-0.1, -0.05) is 0 Å². The molecule has 1 rings (SSSR count). The van der Waals surface area contributed by atoms with E-state index in [1.165, 1.54) is 7.11 Å². The van der Waals surface area contributed by atoms with E-state index in [4.69, 9.17) is 0 Å². The lowest BCUT2D eigenvalue weighted by Crippen LogP contribution is -2.23. The molecule has 74 valence electrons. The number of hydrogen-bond donors (Lipinski definition) is 0. The topological polar surface area (TPSA) is 46.6 Å². The maximum absolute atomic E-state index is 11.2. The number of amides is 1. The van der Waals surface area contributed by atoms with E-state index in [0.29, 0.717) is 6.54 Å². The highest BCUT2D eigenvalue weighted by Gasteiger charge is 2.22. The van der Waals surface area contributed by atoms with Crippen molar-refractivity contribution in [3.63, 3.8) is 0 Å². The van der Waals surface area contributed by atoms with Crippen LogP contribution in [0.3, 0.4) is 0 Å². The van der Waals surface area contributed by atoms with Crippen molar-refractivity contribution >= 4 is 12.4 Å². The lowest BCUT2D eigenvalue weighted by molar-refractivity contribution is -0.145. The Kier molecular flexibility index (Phi) is 3.73. The van der Waals surface area contributed by atoms with Crippen LogP contribution in [-0.4, -0.2) is 37.5 Å². The summed E-state index contributed by atoms with van der Waals surface area (Å²) in [6.07, 6.45) is 3.29. The van der Waals surface area contributed by atoms with Crippen molar-refractivity contribution in [2.24, 2.45) is 5.92 Å². The predicted octanol–water partition coefficient (Wildman–Crippen LogP) is 0.418. The fourth-order valence-electron chi connectivity index (χ4n) is 1.63. The SMILES string of the molecule is COC(=O)C1CCCN(C=O)CC1. The summed E-state index contributed by atoms with van der Waals surface area (Å²) in [6.45, 7) is 1.43. The summed E-state index contributed by atoms with van der Waals surface area (Å²) in [5.74, 6) is -0.164. The van der Waals surface area contributed by atoms with Crippen molar-refractivity contribution in [1.82, 2.24) is 4.90 Å². The van der Waals surface area contributed by atoms with E-state index in [2.05, 4.69) is 4.74 Å². The monoisotopic (exact) mass is 185 g/mol. The zero-order chi connectivity index (χ0) is 9.68. The molecular formula is C9H15NO3. The normalized spacial score (nSPS) is 23.5. The van der Waals surface area contributed by atoms with Crippen LogP contribution < -0.4 is 0 Å². The van der Waals surface area contributed by atoms with Crippen LogP contribution in [0.2, 0.25) is 0 Å². The first-order chi connectivity index (χ1) is 6.27. The number of hydrogen-bond acceptors (Lipinski definition) is 3. The molecule has 1 aliphatic heterocycles. The molecule has 1 aliphatic rings. The van der Waals surface area contributed by atoms with Gasteiger partial charge in [-0.05, 0) is 19.3 Å². The molecule has 4 heteroatoms. The maximum Gasteiger partial charge on any atom is 0.308 e. The van der Waals surface area contributed by atoms with E-state index >= 15 is 0 Å². The number of likely N-dealkylation sites (tertiary alicyclic amines) is 1. The molecule has 0 radical (unpaired) electrons. The first-order valence-corrected chi connectivity index (χ1v) is 4.55. The molecule has 4 nitrogen and oxygen atoms in total. The van der Waals surface area contributed by atoms with Crippen molar-refractivity contribution in [1.29, 1.82) is 0 Å². The summed E-state index contributed by atoms with van der Waals surface area (Å²) >= 11 is 0. The van der Waals surface area contributed by atoms with Crippen LogP contribution in [0.1, 0.15) is 19.3 Å². The molecule has 0 N–H and O–H groups in total. The zero-order valence-electron chi connectivity index (χ0n) is 7.86. The number of rotatable bonds is 2. The fourth-order valence-corrected chi connectivity index (χ4v) is 1.63. The molecule has 1 fully saturated rings. The summed E-state index contributed by atoms with van der Waals surface area (Å²) < 4.78 is 4.67. The Labute approximate surface area is 77.8 Å². The standard InChI is InChI=1S/C9H15NO3/c1-13-9(12)8-3-2-5-10(7-11)6-4-8/h7-8H,2-6H2,1H3. The Bertz CT molecular complexity index is 193. The van der Waals surface area contributed by atoms with Crippen molar-refractivity contribution < 1.29 is 14.3 Å². The zero-order valence-corrected chi connectivity index (χ0v) is 7.86. The Morgan fingerprint density at radius 1 is 1.46 bits per heavy atom. The van der Waals surface area contributed by atoms with Crippen LogP contribution in [0.25, 0.3) is 0 Å². The Morgan fingerprint density at radius 3 is 2.85 bits per heavy atom. The van der Waals surface area contributed by atoms with Gasteiger partial charge >= 0.3 is 5.97 Å². The Hall–Kier alpha value is -1.06. The van der Waals surface area contributed by atoms with Gasteiger partial charge in [0.25, 0.3) is 0 Å². The summed E-state index contributed by atoms with van der Waals surface area (Å²) in [7, 11) is 1.41. The van der Waals surface area contributed by atoms with E-state index < -0.39 is 0 Å². The van der Waals surface area contributed by atoms with Gasteiger partial charge in [-0.25, -0.2) is 0 Å². The molecule has 0 aliphatic carbocycles. The molecule has 1 atom stereocenters. The molecule has 0 aromatic carbocycles. The van der Waals surface area contributed by atoms with E-state index in [0.717, 1.165) is 32.2 Å². The largest absolute Gasteiger partial charge is 0.469 e. The maximum atomic E-state index is 11.2. The minimum Gasteiger partial charge on any atom is -0.469 e. The van der Waals surface area contributed by atoms with Crippen LogP contribution >= 0.6 is 0 Å². The second-order valence-electron chi connectivity index (χ2n) is 3.29. The summed E-state index contributed by atoms with van der Waals surface area (Å²) in [4.78, 5) is 23.4. The van der Waals surface area contributed by atoms with E-state index in [1.807, 2.05) is 0 Å². The molecule has 0 bridgehead atoms. The van der Waals surface area contributed by atoms with Gasteiger partial charge in [0.2, 0.25) is 6.41 Å². The van der Waals surface area contributed by atoms with Gasteiger partial charge < -0.3 is 9.64 Å². The molecule has 1 amide bonds. The highest BCUT2D eigenvalue weighted by atomic mass is 16.5. The van der Waals surface area contributed by atoms with Gasteiger partial charge in [-0.3, -0.25) is 9.59 Å². The number of carbonyl (C=O) groups excluding carboxylic acids is 2. The third kappa shape index (κ3) is 2.72. The van der Waals surface area contributed by atoms with Gasteiger partial charge in [-0.2, -0.15) is 0 Å². The third-order valence-corrected chi connectivity index (χ3v) is 2.45. The summed E-state index contributed by atoms with van der Waals surface area (Å²) in [5, 5.41) is 0. The molecule has 13 heavy (non-hydrogen) atoms. The van der Waals surface area contributed by atoms with Crippen molar-refractivity contribution in [3.05, 3.63) is 0 Å². The summed E-state index contributed by atoms with van der Waals surface area (Å²) in [6, 6.07) is 0. The number of ether oxygens (including phenoxy) is 1. The van der Waals surface area contributed by atoms with Crippen LogP contribution in [0.4, 0.5) is 0 Å². The second kappa shape index (κ2) is 4.84. The molecule has 0 aromatic heterocycles. The van der Waals surface area contributed by atoms with Gasteiger partial charge in [0.1, 0.15) is 0 Å². The second-order valence-corrected chi connectivity index (χ2v) is 3.29. The minimum atomic E-state index is -0.146. The molecule has 0 spiro atoms. The van der Waals surface area contributed by atoms with Gasteiger partial charge in [-0.15, -0.1) is 0 Å². The van der Waals surface area contributed by atoms with Crippen molar-refractivity contribution in [2.45, 2.75) is 19.3 Å². The van der Waals surface area contributed by atoms with E-state index in [9.17, 15) is 9.59 Å². The van der Waals surface area contributed by atoms with Crippen molar-refractivity contribution in [3.8, 4) is 0 Å². The predicted molar refractivity (Wildman–Crippen MR) is 47.0 cm³/mol. The summed E-state index contributed by atoms with van der Waals surface area (Å²) in [5.41, 5.74) is 0. The lowest BCUT2D eigenvalue weighted by atomic mass is 10.0. The molecule has 0 saturated carbocycles. The molecule has 0 aromatic rings. The number of nitrogens with zero attached hydrogens (tertiary/aromatic N) is 1. The Morgan fingerprint density at radius 2 is 2.23 bits per heavy atom. The average Bonchev–Trinajstić information content (AvgIpc) is 2.41. The smallest absolute Gasteiger partial charge is 0.308 e. The van der Waals surface area contributed by atoms with Crippen LogP contribution in [0, 0.1) is 5.92 Å². The number of carbonyl (C=O) groups is 2. The van der Waals surface area contributed by atoms with E-state index in [-0.39, 0.29) is 11.9 Å². The molecule has 1 unspecified atom stereocenters. The minimum absolute atomic E-state index is 0.0186. The van der Waals surface area contributed by atoms with Crippen molar-refractivity contribution in [2.75, 3.05) is 20.2 Å². The highest BCUT2D eigenvalue weighted by molar-refractivity contribution is 5.72. The van der Waals surface area contributed by atoms with Crippen LogP contribution in [0.5, 0.6) is 0 Å². The molecular weight excluding hydrogens is 170 g/mol. The highest BCUT2D eigenvalue weighted by Crippen LogP contribution is 2.17. The number of esters is 1. The molecule has 1 heterocycles.